The molecule has 3 heterocycles. The number of amides is 3. The molecule has 4 rings (SSSR count). The zero-order chi connectivity index (χ0) is 28.9. The molecule has 0 unspecified atom stereocenters. The van der Waals surface area contributed by atoms with E-state index < -0.39 is 22.0 Å². The summed E-state index contributed by atoms with van der Waals surface area (Å²) in [4.78, 5) is 43.6. The molecule has 2 aliphatic rings. The van der Waals surface area contributed by atoms with Crippen LogP contribution in [0.15, 0.2) is 29.2 Å². The molecule has 2 aromatic rings. The van der Waals surface area contributed by atoms with Gasteiger partial charge >= 0.3 is 6.09 Å². The number of ether oxygens (including phenoxy) is 1. The Labute approximate surface area is 240 Å². The van der Waals surface area contributed by atoms with Gasteiger partial charge in [0, 0.05) is 43.2 Å². The number of anilines is 1. The zero-order valence-electron chi connectivity index (χ0n) is 23.4. The number of nitrogens with zero attached hydrogens (tertiary/aromatic N) is 3. The first-order valence-corrected chi connectivity index (χ1v) is 16.2. The fraction of sp³-hybridized carbons (Fsp3) is 0.536. The van der Waals surface area contributed by atoms with Gasteiger partial charge in [0.15, 0.2) is 0 Å². The Bertz CT molecular complexity index is 1330. The second kappa shape index (κ2) is 13.1. The van der Waals surface area contributed by atoms with Crippen LogP contribution in [0.25, 0.3) is 0 Å². The maximum Gasteiger partial charge on any atom is 0.410 e. The summed E-state index contributed by atoms with van der Waals surface area (Å²) in [6.07, 6.45) is 3.65. The standard InChI is InChI=1S/C28H38N4O6S2/c1-4-7-17-32(5-2)40(36,37)21-12-10-20(11-13-21)25(33)29-26-24(27(34)30-15-8-9-16-30)22-14-18-31(19-23(22)39-26)28(35)38-6-3/h10-13H,4-9,14-19H2,1-3H3,(H,29,33). The largest absolute Gasteiger partial charge is 0.450 e. The average molecular weight is 591 g/mol. The molecule has 0 spiro atoms. The number of hydrogen-bond donors (Lipinski definition) is 1. The fourth-order valence-corrected chi connectivity index (χ4v) is 7.79. The number of likely N-dealkylation sites (tertiary alicyclic amines) is 1. The fourth-order valence-electron chi connectivity index (χ4n) is 5.05. The monoisotopic (exact) mass is 590 g/mol. The van der Waals surface area contributed by atoms with Gasteiger partial charge in [-0.3, -0.25) is 9.59 Å². The SMILES string of the molecule is CCCCN(CC)S(=O)(=O)c1ccc(C(=O)Nc2sc3c(c2C(=O)N2CCCC2)CCN(C(=O)OCC)C3)cc1. The van der Waals surface area contributed by atoms with Crippen molar-refractivity contribution in [2.45, 2.75) is 64.3 Å². The first-order valence-electron chi connectivity index (χ1n) is 14.0. The molecule has 0 aliphatic carbocycles. The second-order valence-electron chi connectivity index (χ2n) is 9.91. The van der Waals surface area contributed by atoms with E-state index in [9.17, 15) is 22.8 Å². The van der Waals surface area contributed by atoms with Crippen LogP contribution in [-0.4, -0.2) is 79.8 Å². The molecule has 40 heavy (non-hydrogen) atoms. The first kappa shape index (κ1) is 30.0. The van der Waals surface area contributed by atoms with Gasteiger partial charge in [0.1, 0.15) is 5.00 Å². The predicted molar refractivity (Wildman–Crippen MR) is 154 cm³/mol. The maximum atomic E-state index is 13.6. The molecular formula is C28H38N4O6S2. The molecular weight excluding hydrogens is 552 g/mol. The molecule has 0 saturated carbocycles. The van der Waals surface area contributed by atoms with Gasteiger partial charge < -0.3 is 19.9 Å². The van der Waals surface area contributed by atoms with E-state index in [1.165, 1.54) is 39.9 Å². The molecule has 10 nitrogen and oxygen atoms in total. The van der Waals surface area contributed by atoms with Gasteiger partial charge in [-0.2, -0.15) is 4.31 Å². The Morgan fingerprint density at radius 2 is 1.73 bits per heavy atom. The lowest BCUT2D eigenvalue weighted by molar-refractivity contribution is 0.0792. The lowest BCUT2D eigenvalue weighted by Gasteiger charge is -2.26. The highest BCUT2D eigenvalue weighted by Crippen LogP contribution is 2.39. The van der Waals surface area contributed by atoms with E-state index in [2.05, 4.69) is 5.32 Å². The summed E-state index contributed by atoms with van der Waals surface area (Å²) in [7, 11) is -3.66. The van der Waals surface area contributed by atoms with E-state index >= 15 is 0 Å². The Morgan fingerprint density at radius 3 is 2.35 bits per heavy atom. The van der Waals surface area contributed by atoms with Crippen molar-refractivity contribution in [1.82, 2.24) is 14.1 Å². The number of thiophene rings is 1. The lowest BCUT2D eigenvalue weighted by Crippen LogP contribution is -2.36. The molecule has 0 atom stereocenters. The van der Waals surface area contributed by atoms with Gasteiger partial charge in [-0.1, -0.05) is 20.3 Å². The number of rotatable bonds is 10. The quantitative estimate of drug-likeness (QED) is 0.434. The normalized spacial score (nSPS) is 15.3. The minimum atomic E-state index is -3.66. The van der Waals surface area contributed by atoms with Crippen molar-refractivity contribution in [3.05, 3.63) is 45.8 Å². The molecule has 1 fully saturated rings. The van der Waals surface area contributed by atoms with E-state index in [-0.39, 0.29) is 23.0 Å². The third kappa shape index (κ3) is 6.34. The molecule has 1 aromatic heterocycles. The number of sulfonamides is 1. The minimum Gasteiger partial charge on any atom is -0.450 e. The Kier molecular flexibility index (Phi) is 9.85. The van der Waals surface area contributed by atoms with Crippen molar-refractivity contribution in [2.75, 3.05) is 44.6 Å². The van der Waals surface area contributed by atoms with Crippen LogP contribution in [0.4, 0.5) is 9.80 Å². The van der Waals surface area contributed by atoms with Crippen LogP contribution in [0.3, 0.4) is 0 Å². The van der Waals surface area contributed by atoms with Gasteiger partial charge in [-0.15, -0.1) is 11.3 Å². The van der Waals surface area contributed by atoms with E-state index in [1.54, 1.807) is 11.8 Å². The van der Waals surface area contributed by atoms with Crippen LogP contribution in [0.1, 0.15) is 77.6 Å². The van der Waals surface area contributed by atoms with Crippen molar-refractivity contribution < 1.29 is 27.5 Å². The second-order valence-corrected chi connectivity index (χ2v) is 12.9. The van der Waals surface area contributed by atoms with Crippen molar-refractivity contribution in [1.29, 1.82) is 0 Å². The van der Waals surface area contributed by atoms with Gasteiger partial charge in [0.2, 0.25) is 10.0 Å². The summed E-state index contributed by atoms with van der Waals surface area (Å²) in [5.74, 6) is -0.540. The molecule has 2 aliphatic heterocycles. The van der Waals surface area contributed by atoms with Gasteiger partial charge in [0.25, 0.3) is 11.8 Å². The van der Waals surface area contributed by atoms with Crippen LogP contribution < -0.4 is 5.32 Å². The predicted octanol–water partition coefficient (Wildman–Crippen LogP) is 4.56. The van der Waals surface area contributed by atoms with E-state index in [0.717, 1.165) is 36.1 Å². The van der Waals surface area contributed by atoms with Crippen LogP contribution in [-0.2, 0) is 27.7 Å². The molecule has 0 bridgehead atoms. The average Bonchev–Trinajstić information content (AvgIpc) is 3.61. The molecule has 0 radical (unpaired) electrons. The van der Waals surface area contributed by atoms with Crippen molar-refractivity contribution in [3.8, 4) is 0 Å². The molecule has 218 valence electrons. The number of benzene rings is 1. The van der Waals surface area contributed by atoms with Crippen LogP contribution in [0.2, 0.25) is 0 Å². The Balaban J connectivity index is 1.58. The third-order valence-electron chi connectivity index (χ3n) is 7.29. The Morgan fingerprint density at radius 1 is 1.02 bits per heavy atom. The minimum absolute atomic E-state index is 0.108. The summed E-state index contributed by atoms with van der Waals surface area (Å²) < 4.78 is 32.7. The third-order valence-corrected chi connectivity index (χ3v) is 10.4. The summed E-state index contributed by atoms with van der Waals surface area (Å²) in [5, 5.41) is 3.37. The summed E-state index contributed by atoms with van der Waals surface area (Å²) in [5.41, 5.74) is 1.65. The number of hydrogen-bond acceptors (Lipinski definition) is 7. The van der Waals surface area contributed by atoms with Gasteiger partial charge in [-0.25, -0.2) is 13.2 Å². The summed E-state index contributed by atoms with van der Waals surface area (Å²) in [6.45, 7) is 8.77. The molecule has 1 saturated heterocycles. The van der Waals surface area contributed by atoms with Crippen LogP contribution in [0, 0.1) is 0 Å². The van der Waals surface area contributed by atoms with Crippen LogP contribution in [0.5, 0.6) is 0 Å². The summed E-state index contributed by atoms with van der Waals surface area (Å²) in [6, 6.07) is 5.89. The molecule has 12 heteroatoms. The van der Waals surface area contributed by atoms with E-state index in [1.807, 2.05) is 18.7 Å². The van der Waals surface area contributed by atoms with E-state index in [0.29, 0.717) is 56.3 Å². The maximum absolute atomic E-state index is 13.6. The lowest BCUT2D eigenvalue weighted by atomic mass is 10.0. The number of carbonyl (C=O) groups excluding carboxylic acids is 3. The van der Waals surface area contributed by atoms with E-state index in [4.69, 9.17) is 4.74 Å². The van der Waals surface area contributed by atoms with Crippen LogP contribution >= 0.6 is 11.3 Å². The highest BCUT2D eigenvalue weighted by atomic mass is 32.2. The first-order chi connectivity index (χ1) is 19.2. The number of nitrogens with one attached hydrogen (secondary N) is 1. The number of unbranched alkanes of at least 4 members (excludes halogenated alkanes) is 1. The van der Waals surface area contributed by atoms with Crippen molar-refractivity contribution in [2.24, 2.45) is 0 Å². The highest BCUT2D eigenvalue weighted by Gasteiger charge is 2.33. The Hall–Kier alpha value is -2.96. The van der Waals surface area contributed by atoms with Gasteiger partial charge in [0.05, 0.1) is 23.6 Å². The number of fused-ring (bicyclic) bond motifs is 1. The van der Waals surface area contributed by atoms with Gasteiger partial charge in [-0.05, 0) is 62.4 Å². The highest BCUT2D eigenvalue weighted by molar-refractivity contribution is 7.89. The topological polar surface area (TPSA) is 116 Å². The smallest absolute Gasteiger partial charge is 0.410 e. The zero-order valence-corrected chi connectivity index (χ0v) is 25.0. The van der Waals surface area contributed by atoms with Crippen molar-refractivity contribution in [3.63, 3.8) is 0 Å². The summed E-state index contributed by atoms with van der Waals surface area (Å²) >= 11 is 1.30. The number of carbonyl (C=O) groups is 3. The molecule has 1 aromatic carbocycles. The van der Waals surface area contributed by atoms with Crippen molar-refractivity contribution >= 4 is 44.3 Å². The molecule has 3 amide bonds. The molecule has 1 N–H and O–H groups in total.